The topological polar surface area (TPSA) is 109 Å². The summed E-state index contributed by atoms with van der Waals surface area (Å²) in [7, 11) is 0. The number of rotatable bonds is 3. The molecule has 3 N–H and O–H groups in total. The van der Waals surface area contributed by atoms with E-state index in [1.165, 1.54) is 17.4 Å². The molecule has 3 heterocycles. The van der Waals surface area contributed by atoms with Crippen LogP contribution in [0.2, 0.25) is 0 Å². The second-order valence-corrected chi connectivity index (χ2v) is 7.07. The normalized spacial score (nSPS) is 16.8. The zero-order valence-corrected chi connectivity index (χ0v) is 13.7. The molecular formula is C16H16N4O3S. The Morgan fingerprint density at radius 1 is 1.38 bits per heavy atom. The average molecular weight is 344 g/mol. The molecule has 2 aliphatic rings. The quantitative estimate of drug-likeness (QED) is 0.866. The van der Waals surface area contributed by atoms with Crippen molar-refractivity contribution in [3.63, 3.8) is 0 Å². The predicted octanol–water partition coefficient (Wildman–Crippen LogP) is 1.01. The highest BCUT2D eigenvalue weighted by Crippen LogP contribution is 2.40. The third-order valence-electron chi connectivity index (χ3n) is 4.46. The summed E-state index contributed by atoms with van der Waals surface area (Å²) in [4.78, 5) is 44.6. The van der Waals surface area contributed by atoms with Crippen LogP contribution in [-0.2, 0) is 13.0 Å². The molecule has 0 aromatic carbocycles. The van der Waals surface area contributed by atoms with E-state index in [2.05, 4.69) is 9.97 Å². The van der Waals surface area contributed by atoms with Gasteiger partial charge in [-0.15, -0.1) is 11.3 Å². The largest absolute Gasteiger partial charge is 0.365 e. The van der Waals surface area contributed by atoms with Crippen molar-refractivity contribution in [2.75, 3.05) is 6.54 Å². The molecule has 0 saturated heterocycles. The van der Waals surface area contributed by atoms with E-state index >= 15 is 0 Å². The highest BCUT2D eigenvalue weighted by Gasteiger charge is 2.29. The number of thiazole rings is 1. The van der Waals surface area contributed by atoms with Crippen LogP contribution in [0.15, 0.2) is 16.2 Å². The number of fused-ring (bicyclic) bond motifs is 1. The maximum atomic E-state index is 12.7. The minimum atomic E-state index is -0.767. The molecule has 124 valence electrons. The molecule has 2 aromatic heterocycles. The number of aromatic nitrogens is 2. The highest BCUT2D eigenvalue weighted by molar-refractivity contribution is 7.11. The summed E-state index contributed by atoms with van der Waals surface area (Å²) in [5.41, 5.74) is 7.19. The van der Waals surface area contributed by atoms with Gasteiger partial charge in [0.25, 0.3) is 17.4 Å². The predicted molar refractivity (Wildman–Crippen MR) is 88.1 cm³/mol. The maximum absolute atomic E-state index is 12.7. The highest BCUT2D eigenvalue weighted by atomic mass is 32.1. The molecule has 2 aromatic rings. The van der Waals surface area contributed by atoms with Crippen molar-refractivity contribution in [2.45, 2.75) is 31.7 Å². The van der Waals surface area contributed by atoms with Crippen LogP contribution in [0.25, 0.3) is 0 Å². The van der Waals surface area contributed by atoms with Crippen LogP contribution in [0, 0.1) is 0 Å². The van der Waals surface area contributed by atoms with Gasteiger partial charge in [0.15, 0.2) is 5.01 Å². The lowest BCUT2D eigenvalue weighted by Gasteiger charge is -2.28. The number of hydrogen-bond acceptors (Lipinski definition) is 5. The lowest BCUT2D eigenvalue weighted by atomic mass is 10.0. The fraction of sp³-hybridized carbons (Fsp3) is 0.375. The molecule has 0 unspecified atom stereocenters. The summed E-state index contributed by atoms with van der Waals surface area (Å²) in [6, 6.07) is 1.49. The van der Waals surface area contributed by atoms with Crippen LogP contribution in [-0.4, -0.2) is 33.2 Å². The Morgan fingerprint density at radius 2 is 2.17 bits per heavy atom. The molecule has 1 aliphatic heterocycles. The first-order valence-corrected chi connectivity index (χ1v) is 8.70. The SMILES string of the molecule is NC(=O)c1cc2c([nH]c1=O)CCN(C(=O)c1nc(C3CC3)cs1)C2. The van der Waals surface area contributed by atoms with Gasteiger partial charge in [-0.05, 0) is 24.5 Å². The van der Waals surface area contributed by atoms with E-state index < -0.39 is 11.5 Å². The fourth-order valence-corrected chi connectivity index (χ4v) is 3.82. The van der Waals surface area contributed by atoms with Crippen molar-refractivity contribution in [2.24, 2.45) is 5.73 Å². The second-order valence-electron chi connectivity index (χ2n) is 6.21. The second kappa shape index (κ2) is 5.55. The molecule has 0 radical (unpaired) electrons. The number of hydrogen-bond donors (Lipinski definition) is 2. The lowest BCUT2D eigenvalue weighted by Crippen LogP contribution is -2.38. The van der Waals surface area contributed by atoms with E-state index in [1.54, 1.807) is 4.90 Å². The number of aromatic amines is 1. The van der Waals surface area contributed by atoms with Crippen LogP contribution < -0.4 is 11.3 Å². The van der Waals surface area contributed by atoms with E-state index in [4.69, 9.17) is 5.73 Å². The van der Waals surface area contributed by atoms with Crippen molar-refractivity contribution in [1.82, 2.24) is 14.9 Å². The Kier molecular flexibility index (Phi) is 3.49. The zero-order chi connectivity index (χ0) is 16.8. The molecule has 1 aliphatic carbocycles. The number of amides is 2. The summed E-state index contributed by atoms with van der Waals surface area (Å²) >= 11 is 1.38. The number of carbonyl (C=O) groups is 2. The van der Waals surface area contributed by atoms with E-state index in [1.807, 2.05) is 5.38 Å². The number of primary amides is 1. The molecule has 4 rings (SSSR count). The maximum Gasteiger partial charge on any atom is 0.283 e. The molecule has 1 saturated carbocycles. The van der Waals surface area contributed by atoms with E-state index in [-0.39, 0.29) is 11.5 Å². The Hall–Kier alpha value is -2.48. The Bertz CT molecular complexity index is 897. The average Bonchev–Trinajstić information content (AvgIpc) is 3.30. The first-order chi connectivity index (χ1) is 11.5. The summed E-state index contributed by atoms with van der Waals surface area (Å²) in [5.74, 6) is -0.353. The summed E-state index contributed by atoms with van der Waals surface area (Å²) < 4.78 is 0. The smallest absolute Gasteiger partial charge is 0.283 e. The van der Waals surface area contributed by atoms with Crippen molar-refractivity contribution >= 4 is 23.2 Å². The number of nitrogens with one attached hydrogen (secondary N) is 1. The van der Waals surface area contributed by atoms with Gasteiger partial charge < -0.3 is 15.6 Å². The van der Waals surface area contributed by atoms with Gasteiger partial charge in [0.05, 0.1) is 5.69 Å². The summed E-state index contributed by atoms with van der Waals surface area (Å²) in [5, 5.41) is 2.46. The van der Waals surface area contributed by atoms with Crippen molar-refractivity contribution in [1.29, 1.82) is 0 Å². The van der Waals surface area contributed by atoms with E-state index in [9.17, 15) is 14.4 Å². The van der Waals surface area contributed by atoms with E-state index in [0.29, 0.717) is 30.4 Å². The van der Waals surface area contributed by atoms with E-state index in [0.717, 1.165) is 29.8 Å². The third kappa shape index (κ3) is 2.62. The minimum Gasteiger partial charge on any atom is -0.365 e. The van der Waals surface area contributed by atoms with Crippen LogP contribution >= 0.6 is 11.3 Å². The fourth-order valence-electron chi connectivity index (χ4n) is 2.95. The standard InChI is InChI=1S/C16H16N4O3S/c17-13(21)10-5-9-6-20(4-3-11(9)18-14(10)22)16(23)15-19-12(7-24-15)8-1-2-8/h5,7-8H,1-4,6H2,(H2,17,21)(H,18,22). The molecule has 0 bridgehead atoms. The summed E-state index contributed by atoms with van der Waals surface area (Å²) in [6.07, 6.45) is 2.84. The number of carbonyl (C=O) groups excluding carboxylic acids is 2. The number of nitrogens with zero attached hydrogens (tertiary/aromatic N) is 2. The molecular weight excluding hydrogens is 328 g/mol. The van der Waals surface area contributed by atoms with Gasteiger partial charge in [0.1, 0.15) is 5.56 Å². The van der Waals surface area contributed by atoms with Gasteiger partial charge in [-0.3, -0.25) is 14.4 Å². The van der Waals surface area contributed by atoms with Crippen LogP contribution in [0.4, 0.5) is 0 Å². The number of H-pyrrole nitrogens is 1. The summed E-state index contributed by atoms with van der Waals surface area (Å²) in [6.45, 7) is 0.847. The molecule has 0 atom stereocenters. The van der Waals surface area contributed by atoms with Crippen molar-refractivity contribution in [3.8, 4) is 0 Å². The first-order valence-electron chi connectivity index (χ1n) is 7.82. The lowest BCUT2D eigenvalue weighted by molar-refractivity contribution is 0.0733. The van der Waals surface area contributed by atoms with Crippen LogP contribution in [0.1, 0.15) is 55.9 Å². The molecule has 2 amide bonds. The van der Waals surface area contributed by atoms with Crippen molar-refractivity contribution < 1.29 is 9.59 Å². The molecule has 7 nitrogen and oxygen atoms in total. The van der Waals surface area contributed by atoms with Gasteiger partial charge in [-0.1, -0.05) is 0 Å². The minimum absolute atomic E-state index is 0.0756. The Morgan fingerprint density at radius 3 is 2.88 bits per heavy atom. The van der Waals surface area contributed by atoms with Gasteiger partial charge >= 0.3 is 0 Å². The Labute approximate surface area is 141 Å². The van der Waals surface area contributed by atoms with Gasteiger partial charge in [0, 0.05) is 36.5 Å². The van der Waals surface area contributed by atoms with Gasteiger partial charge in [-0.25, -0.2) is 4.98 Å². The zero-order valence-electron chi connectivity index (χ0n) is 12.9. The molecule has 24 heavy (non-hydrogen) atoms. The van der Waals surface area contributed by atoms with Gasteiger partial charge in [-0.2, -0.15) is 0 Å². The van der Waals surface area contributed by atoms with Gasteiger partial charge in [0.2, 0.25) is 0 Å². The first kappa shape index (κ1) is 15.1. The number of nitrogens with two attached hydrogens (primary N) is 1. The Balaban J connectivity index is 1.58. The van der Waals surface area contributed by atoms with Crippen LogP contribution in [0.5, 0.6) is 0 Å². The molecule has 0 spiro atoms. The third-order valence-corrected chi connectivity index (χ3v) is 5.31. The van der Waals surface area contributed by atoms with Crippen molar-refractivity contribution in [3.05, 3.63) is 49.3 Å². The monoisotopic (exact) mass is 344 g/mol. The molecule has 8 heteroatoms. The molecule has 1 fully saturated rings. The number of pyridine rings is 1. The van der Waals surface area contributed by atoms with Crippen LogP contribution in [0.3, 0.4) is 0 Å².